The summed E-state index contributed by atoms with van der Waals surface area (Å²) in [6.07, 6.45) is 1.59. The highest BCUT2D eigenvalue weighted by molar-refractivity contribution is 9.10. The molecule has 0 aromatic heterocycles. The van der Waals surface area contributed by atoms with Crippen LogP contribution in [-0.4, -0.2) is 18.9 Å². The molecule has 0 radical (unpaired) electrons. The predicted octanol–water partition coefficient (Wildman–Crippen LogP) is 4.44. The zero-order chi connectivity index (χ0) is 19.1. The van der Waals surface area contributed by atoms with Crippen LogP contribution in [0.25, 0.3) is 11.1 Å². The summed E-state index contributed by atoms with van der Waals surface area (Å²) in [5.41, 5.74) is 7.67. The van der Waals surface area contributed by atoms with E-state index in [9.17, 15) is 4.79 Å². The van der Waals surface area contributed by atoms with E-state index in [0.717, 1.165) is 32.3 Å². The van der Waals surface area contributed by atoms with Gasteiger partial charge >= 0.3 is 0 Å². The fourth-order valence-corrected chi connectivity index (χ4v) is 4.12. The molecule has 1 amide bonds. The number of hydrogen-bond acceptors (Lipinski definition) is 4. The molecule has 1 aliphatic heterocycles. The first-order valence-corrected chi connectivity index (χ1v) is 9.62. The van der Waals surface area contributed by atoms with Gasteiger partial charge in [-0.2, -0.15) is 5.10 Å². The molecule has 2 aliphatic rings. The lowest BCUT2D eigenvalue weighted by Gasteiger charge is -2.11. The third-order valence-electron chi connectivity index (χ3n) is 4.97. The number of amides is 1. The van der Waals surface area contributed by atoms with Crippen LogP contribution < -0.4 is 14.9 Å². The van der Waals surface area contributed by atoms with Crippen LogP contribution in [0.1, 0.15) is 22.6 Å². The van der Waals surface area contributed by atoms with E-state index in [2.05, 4.69) is 38.6 Å². The summed E-state index contributed by atoms with van der Waals surface area (Å²) < 4.78 is 11.5. The first kappa shape index (κ1) is 17.0. The Bertz CT molecular complexity index is 1080. The Kier molecular flexibility index (Phi) is 4.13. The van der Waals surface area contributed by atoms with E-state index in [1.807, 2.05) is 48.5 Å². The summed E-state index contributed by atoms with van der Waals surface area (Å²) in [6, 6.07) is 19.6. The third-order valence-corrected chi connectivity index (χ3v) is 5.65. The lowest BCUT2D eigenvalue weighted by atomic mass is 9.96. The lowest BCUT2D eigenvalue weighted by Crippen LogP contribution is -2.25. The molecular formula is C22H15BrN2O3. The molecule has 3 aromatic carbocycles. The maximum Gasteiger partial charge on any atom is 0.252 e. The molecule has 0 saturated heterocycles. The van der Waals surface area contributed by atoms with E-state index in [4.69, 9.17) is 9.47 Å². The van der Waals surface area contributed by atoms with E-state index in [-0.39, 0.29) is 18.6 Å². The van der Waals surface area contributed by atoms with Crippen LogP contribution in [0.2, 0.25) is 0 Å². The van der Waals surface area contributed by atoms with E-state index in [0.29, 0.717) is 11.5 Å². The number of hydrogen-bond donors (Lipinski definition) is 1. The van der Waals surface area contributed by atoms with E-state index in [1.54, 1.807) is 6.21 Å². The molecule has 1 aliphatic carbocycles. The highest BCUT2D eigenvalue weighted by Crippen LogP contribution is 2.44. The van der Waals surface area contributed by atoms with Crippen molar-refractivity contribution in [3.05, 3.63) is 81.8 Å². The summed E-state index contributed by atoms with van der Waals surface area (Å²) >= 11 is 3.49. The fraction of sp³-hybridized carbons (Fsp3) is 0.0909. The van der Waals surface area contributed by atoms with Gasteiger partial charge in [-0.3, -0.25) is 4.79 Å². The lowest BCUT2D eigenvalue weighted by molar-refractivity contribution is -0.121. The van der Waals surface area contributed by atoms with Crippen molar-refractivity contribution in [2.45, 2.75) is 5.92 Å². The summed E-state index contributed by atoms with van der Waals surface area (Å²) in [7, 11) is 0. The first-order chi connectivity index (χ1) is 13.7. The third kappa shape index (κ3) is 2.77. The Hall–Kier alpha value is -3.12. The second-order valence-electron chi connectivity index (χ2n) is 6.57. The number of ether oxygens (including phenoxy) is 2. The standard InChI is InChI=1S/C22H15BrN2O3/c23-18-10-20-19(27-12-28-20)9-13(18)11-24-25-22(26)21-16-7-3-1-5-14(16)15-6-2-4-8-17(15)21/h1-11,21H,12H2,(H,25,26)/b24-11+. The Morgan fingerprint density at radius 3 is 2.29 bits per heavy atom. The minimum atomic E-state index is -0.371. The van der Waals surface area contributed by atoms with Crippen LogP contribution in [-0.2, 0) is 4.79 Å². The zero-order valence-electron chi connectivity index (χ0n) is 14.7. The topological polar surface area (TPSA) is 59.9 Å². The molecule has 3 aromatic rings. The molecule has 0 fully saturated rings. The van der Waals surface area contributed by atoms with Crippen molar-refractivity contribution in [3.8, 4) is 22.6 Å². The predicted molar refractivity (Wildman–Crippen MR) is 110 cm³/mol. The quantitative estimate of drug-likeness (QED) is 0.489. The van der Waals surface area contributed by atoms with Gasteiger partial charge in [-0.1, -0.05) is 48.5 Å². The molecule has 0 bridgehead atoms. The molecule has 138 valence electrons. The normalized spacial score (nSPS) is 14.2. The highest BCUT2D eigenvalue weighted by atomic mass is 79.9. The summed E-state index contributed by atoms with van der Waals surface area (Å²) in [4.78, 5) is 13.0. The number of benzene rings is 3. The van der Waals surface area contributed by atoms with Crippen molar-refractivity contribution in [3.63, 3.8) is 0 Å². The average Bonchev–Trinajstić information content (AvgIpc) is 3.29. The van der Waals surface area contributed by atoms with Crippen LogP contribution in [0, 0.1) is 0 Å². The average molecular weight is 435 g/mol. The van der Waals surface area contributed by atoms with E-state index < -0.39 is 0 Å². The summed E-state index contributed by atoms with van der Waals surface area (Å²) in [5.74, 6) is 0.817. The number of rotatable bonds is 3. The Labute approximate surface area is 170 Å². The molecule has 0 atom stereocenters. The molecule has 0 saturated carbocycles. The van der Waals surface area contributed by atoms with Gasteiger partial charge in [0.1, 0.15) is 0 Å². The maximum absolute atomic E-state index is 13.0. The number of carbonyl (C=O) groups is 1. The number of nitrogens with zero attached hydrogens (tertiary/aromatic N) is 1. The molecular weight excluding hydrogens is 420 g/mol. The fourth-order valence-electron chi connectivity index (χ4n) is 3.70. The van der Waals surface area contributed by atoms with E-state index >= 15 is 0 Å². The van der Waals surface area contributed by atoms with Gasteiger partial charge in [0.05, 0.1) is 12.1 Å². The number of fused-ring (bicyclic) bond motifs is 4. The number of hydrazone groups is 1. The van der Waals surface area contributed by atoms with E-state index in [1.165, 1.54) is 0 Å². The van der Waals surface area contributed by atoms with Crippen molar-refractivity contribution < 1.29 is 14.3 Å². The minimum absolute atomic E-state index is 0.162. The highest BCUT2D eigenvalue weighted by Gasteiger charge is 2.33. The molecule has 5 nitrogen and oxygen atoms in total. The molecule has 1 heterocycles. The zero-order valence-corrected chi connectivity index (χ0v) is 16.3. The number of halogens is 1. The van der Waals surface area contributed by atoms with Crippen molar-refractivity contribution in [2.24, 2.45) is 5.10 Å². The van der Waals surface area contributed by atoms with Crippen LogP contribution in [0.5, 0.6) is 11.5 Å². The van der Waals surface area contributed by atoms with Gasteiger partial charge in [-0.25, -0.2) is 5.43 Å². The molecule has 0 unspecified atom stereocenters. The second-order valence-corrected chi connectivity index (χ2v) is 7.42. The minimum Gasteiger partial charge on any atom is -0.454 e. The van der Waals surface area contributed by atoms with Crippen LogP contribution in [0.15, 0.2) is 70.2 Å². The van der Waals surface area contributed by atoms with Gasteiger partial charge in [-0.05, 0) is 50.3 Å². The largest absolute Gasteiger partial charge is 0.454 e. The Balaban J connectivity index is 1.40. The molecule has 28 heavy (non-hydrogen) atoms. The van der Waals surface area contributed by atoms with Crippen LogP contribution in [0.4, 0.5) is 0 Å². The van der Waals surface area contributed by atoms with Crippen molar-refractivity contribution in [1.82, 2.24) is 5.43 Å². The van der Waals surface area contributed by atoms with Gasteiger partial charge < -0.3 is 9.47 Å². The Morgan fingerprint density at radius 1 is 1.00 bits per heavy atom. The van der Waals surface area contributed by atoms with Crippen molar-refractivity contribution >= 4 is 28.1 Å². The summed E-state index contributed by atoms with van der Waals surface area (Å²) in [6.45, 7) is 0.208. The Morgan fingerprint density at radius 2 is 1.61 bits per heavy atom. The number of nitrogens with one attached hydrogen (secondary N) is 1. The van der Waals surface area contributed by atoms with Gasteiger partial charge in [0.2, 0.25) is 6.79 Å². The van der Waals surface area contributed by atoms with Gasteiger partial charge in [0.15, 0.2) is 11.5 Å². The molecule has 1 N–H and O–H groups in total. The smallest absolute Gasteiger partial charge is 0.252 e. The SMILES string of the molecule is O=C(N/N=C/c1cc2c(cc1Br)OCO2)C1c2ccccc2-c2ccccc21. The maximum atomic E-state index is 13.0. The number of carbonyl (C=O) groups excluding carboxylic acids is 1. The monoisotopic (exact) mass is 434 g/mol. The molecule has 5 rings (SSSR count). The molecule has 6 heteroatoms. The molecule has 0 spiro atoms. The second kappa shape index (κ2) is 6.80. The van der Waals surface area contributed by atoms with Gasteiger partial charge in [0, 0.05) is 10.0 Å². The van der Waals surface area contributed by atoms with Crippen LogP contribution in [0.3, 0.4) is 0 Å². The van der Waals surface area contributed by atoms with Crippen molar-refractivity contribution in [1.29, 1.82) is 0 Å². The van der Waals surface area contributed by atoms with Crippen LogP contribution >= 0.6 is 15.9 Å². The van der Waals surface area contributed by atoms with Crippen molar-refractivity contribution in [2.75, 3.05) is 6.79 Å². The summed E-state index contributed by atoms with van der Waals surface area (Å²) in [5, 5.41) is 4.17. The van der Waals surface area contributed by atoms with Gasteiger partial charge in [-0.15, -0.1) is 0 Å². The van der Waals surface area contributed by atoms with Gasteiger partial charge in [0.25, 0.3) is 5.91 Å². The first-order valence-electron chi connectivity index (χ1n) is 8.82.